The summed E-state index contributed by atoms with van der Waals surface area (Å²) in [5.41, 5.74) is 2.27. The molecule has 0 amide bonds. The third kappa shape index (κ3) is 3.72. The van der Waals surface area contributed by atoms with Crippen molar-refractivity contribution >= 4 is 21.8 Å². The Bertz CT molecular complexity index is 544. The van der Waals surface area contributed by atoms with Crippen LogP contribution >= 0.6 is 11.8 Å². The van der Waals surface area contributed by atoms with Crippen molar-refractivity contribution in [2.45, 2.75) is 36.6 Å². The number of sulfonamides is 1. The van der Waals surface area contributed by atoms with Crippen LogP contribution in [0.25, 0.3) is 0 Å². The largest absolute Gasteiger partial charge is 0.309 e. The third-order valence-corrected chi connectivity index (χ3v) is 5.86. The van der Waals surface area contributed by atoms with Crippen molar-refractivity contribution in [3.8, 4) is 0 Å². The van der Waals surface area contributed by atoms with E-state index in [-0.39, 0.29) is 0 Å². The molecule has 2 rings (SSSR count). The molecule has 0 radical (unpaired) electrons. The second kappa shape index (κ2) is 6.26. The summed E-state index contributed by atoms with van der Waals surface area (Å²) in [5.74, 6) is 0. The first-order valence-electron chi connectivity index (χ1n) is 6.38. The van der Waals surface area contributed by atoms with Gasteiger partial charge in [-0.1, -0.05) is 13.0 Å². The standard InChI is InChI=1S/C13H20N2O2S2/c1-10(18-2)5-6-15-19(16,17)13-4-3-11-8-14-9-12(11)7-13/h3-4,7,10,14-15H,5-6,8-9H2,1-2H3. The van der Waals surface area contributed by atoms with E-state index in [0.717, 1.165) is 25.1 Å². The predicted molar refractivity (Wildman–Crippen MR) is 79.8 cm³/mol. The zero-order chi connectivity index (χ0) is 13.9. The second-order valence-corrected chi connectivity index (χ2v) is 7.81. The Hall–Kier alpha value is -0.560. The Balaban J connectivity index is 2.03. The predicted octanol–water partition coefficient (Wildman–Crippen LogP) is 1.71. The Morgan fingerprint density at radius 3 is 2.84 bits per heavy atom. The average Bonchev–Trinajstić information content (AvgIpc) is 2.85. The molecule has 0 aliphatic carbocycles. The molecule has 0 bridgehead atoms. The Labute approximate surface area is 119 Å². The minimum Gasteiger partial charge on any atom is -0.309 e. The van der Waals surface area contributed by atoms with Crippen LogP contribution in [0.3, 0.4) is 0 Å². The lowest BCUT2D eigenvalue weighted by Gasteiger charge is -2.10. The molecule has 1 aromatic rings. The van der Waals surface area contributed by atoms with Crippen LogP contribution in [0.1, 0.15) is 24.5 Å². The molecule has 1 heterocycles. The zero-order valence-corrected chi connectivity index (χ0v) is 12.9. The fourth-order valence-electron chi connectivity index (χ4n) is 2.04. The number of fused-ring (bicyclic) bond motifs is 1. The molecular formula is C13H20N2O2S2. The SMILES string of the molecule is CSC(C)CCNS(=O)(=O)c1ccc2c(c1)CNC2. The highest BCUT2D eigenvalue weighted by atomic mass is 32.2. The first kappa shape index (κ1) is 14.8. The number of hydrogen-bond acceptors (Lipinski definition) is 4. The van der Waals surface area contributed by atoms with E-state index in [1.54, 1.807) is 23.9 Å². The van der Waals surface area contributed by atoms with Gasteiger partial charge >= 0.3 is 0 Å². The summed E-state index contributed by atoms with van der Waals surface area (Å²) >= 11 is 1.74. The van der Waals surface area contributed by atoms with E-state index in [2.05, 4.69) is 17.0 Å². The molecule has 106 valence electrons. The molecule has 0 spiro atoms. The molecule has 0 saturated heterocycles. The van der Waals surface area contributed by atoms with Gasteiger partial charge in [-0.2, -0.15) is 11.8 Å². The van der Waals surface area contributed by atoms with Crippen LogP contribution in [0.15, 0.2) is 23.1 Å². The van der Waals surface area contributed by atoms with Crippen molar-refractivity contribution in [3.05, 3.63) is 29.3 Å². The van der Waals surface area contributed by atoms with Crippen molar-refractivity contribution in [1.29, 1.82) is 0 Å². The molecule has 1 atom stereocenters. The van der Waals surface area contributed by atoms with Crippen LogP contribution in [-0.2, 0) is 23.1 Å². The Morgan fingerprint density at radius 2 is 2.11 bits per heavy atom. The summed E-state index contributed by atoms with van der Waals surface area (Å²) in [7, 11) is -3.37. The summed E-state index contributed by atoms with van der Waals surface area (Å²) in [6, 6.07) is 5.36. The molecule has 1 aromatic carbocycles. The van der Waals surface area contributed by atoms with E-state index >= 15 is 0 Å². The maximum absolute atomic E-state index is 12.2. The van der Waals surface area contributed by atoms with Gasteiger partial charge in [-0.3, -0.25) is 0 Å². The number of hydrogen-bond donors (Lipinski definition) is 2. The molecule has 2 N–H and O–H groups in total. The highest BCUT2D eigenvalue weighted by Gasteiger charge is 2.17. The van der Waals surface area contributed by atoms with Crippen LogP contribution < -0.4 is 10.0 Å². The van der Waals surface area contributed by atoms with E-state index < -0.39 is 10.0 Å². The lowest BCUT2D eigenvalue weighted by molar-refractivity contribution is 0.579. The first-order chi connectivity index (χ1) is 9.03. The topological polar surface area (TPSA) is 58.2 Å². The molecule has 19 heavy (non-hydrogen) atoms. The quantitative estimate of drug-likeness (QED) is 0.840. The van der Waals surface area contributed by atoms with Gasteiger partial charge in [-0.25, -0.2) is 13.1 Å². The van der Waals surface area contributed by atoms with Gasteiger partial charge in [-0.15, -0.1) is 0 Å². The molecule has 1 aliphatic heterocycles. The lowest BCUT2D eigenvalue weighted by Crippen LogP contribution is -2.26. The van der Waals surface area contributed by atoms with Crippen LogP contribution in [0.5, 0.6) is 0 Å². The van der Waals surface area contributed by atoms with Gasteiger partial charge < -0.3 is 5.32 Å². The summed E-state index contributed by atoms with van der Waals surface area (Å²) in [5, 5.41) is 3.68. The van der Waals surface area contributed by atoms with E-state index in [0.29, 0.717) is 16.7 Å². The van der Waals surface area contributed by atoms with E-state index in [4.69, 9.17) is 0 Å². The molecular weight excluding hydrogens is 280 g/mol. The van der Waals surface area contributed by atoms with Gasteiger partial charge in [0.05, 0.1) is 4.90 Å². The maximum atomic E-state index is 12.2. The summed E-state index contributed by atoms with van der Waals surface area (Å²) in [6.45, 7) is 4.16. The summed E-state index contributed by atoms with van der Waals surface area (Å²) in [4.78, 5) is 0.367. The zero-order valence-electron chi connectivity index (χ0n) is 11.3. The molecule has 1 aliphatic rings. The van der Waals surface area contributed by atoms with Gasteiger partial charge in [0.15, 0.2) is 0 Å². The minimum absolute atomic E-state index is 0.367. The summed E-state index contributed by atoms with van der Waals surface area (Å²) in [6.07, 6.45) is 2.87. The average molecular weight is 300 g/mol. The molecule has 0 fully saturated rings. The Kier molecular flexibility index (Phi) is 4.89. The molecule has 4 nitrogen and oxygen atoms in total. The molecule has 0 saturated carbocycles. The molecule has 0 aromatic heterocycles. The highest BCUT2D eigenvalue weighted by molar-refractivity contribution is 7.99. The van der Waals surface area contributed by atoms with Gasteiger partial charge in [0.1, 0.15) is 0 Å². The fourth-order valence-corrected chi connectivity index (χ4v) is 3.49. The minimum atomic E-state index is -3.37. The fraction of sp³-hybridized carbons (Fsp3) is 0.538. The van der Waals surface area contributed by atoms with Gasteiger partial charge in [0, 0.05) is 24.9 Å². The van der Waals surface area contributed by atoms with Crippen molar-refractivity contribution in [1.82, 2.24) is 10.0 Å². The molecule has 1 unspecified atom stereocenters. The summed E-state index contributed by atoms with van der Waals surface area (Å²) < 4.78 is 27.0. The highest BCUT2D eigenvalue weighted by Crippen LogP contribution is 2.20. The number of nitrogens with one attached hydrogen (secondary N) is 2. The maximum Gasteiger partial charge on any atom is 0.240 e. The number of rotatable bonds is 6. The second-order valence-electron chi connectivity index (χ2n) is 4.77. The third-order valence-electron chi connectivity index (χ3n) is 3.36. The Morgan fingerprint density at radius 1 is 1.37 bits per heavy atom. The first-order valence-corrected chi connectivity index (χ1v) is 9.15. The van der Waals surface area contributed by atoms with Crippen molar-refractivity contribution in [2.75, 3.05) is 12.8 Å². The number of benzene rings is 1. The van der Waals surface area contributed by atoms with Gasteiger partial charge in [0.2, 0.25) is 10.0 Å². The smallest absolute Gasteiger partial charge is 0.240 e. The normalized spacial score (nSPS) is 16.3. The number of thioether (sulfide) groups is 1. The van der Waals surface area contributed by atoms with Crippen molar-refractivity contribution in [2.24, 2.45) is 0 Å². The van der Waals surface area contributed by atoms with Crippen LogP contribution in [0.4, 0.5) is 0 Å². The van der Waals surface area contributed by atoms with Crippen LogP contribution in [0.2, 0.25) is 0 Å². The van der Waals surface area contributed by atoms with E-state index in [1.807, 2.05) is 12.3 Å². The molecule has 6 heteroatoms. The lowest BCUT2D eigenvalue weighted by atomic mass is 10.1. The van der Waals surface area contributed by atoms with Crippen LogP contribution in [-0.4, -0.2) is 26.5 Å². The van der Waals surface area contributed by atoms with E-state index in [1.165, 1.54) is 5.56 Å². The van der Waals surface area contributed by atoms with Crippen molar-refractivity contribution < 1.29 is 8.42 Å². The van der Waals surface area contributed by atoms with Gasteiger partial charge in [0.25, 0.3) is 0 Å². The monoisotopic (exact) mass is 300 g/mol. The van der Waals surface area contributed by atoms with Crippen LogP contribution in [0, 0.1) is 0 Å². The van der Waals surface area contributed by atoms with E-state index in [9.17, 15) is 8.42 Å². The van der Waals surface area contributed by atoms with Gasteiger partial charge in [-0.05, 0) is 35.9 Å². The van der Waals surface area contributed by atoms with Crippen molar-refractivity contribution in [3.63, 3.8) is 0 Å².